The first-order valence-electron chi connectivity index (χ1n) is 14.8. The van der Waals surface area contributed by atoms with Crippen molar-refractivity contribution in [2.75, 3.05) is 40.1 Å². The largest absolute Gasteiger partial charge is 0.493 e. The van der Waals surface area contributed by atoms with Gasteiger partial charge in [0, 0.05) is 34.7 Å². The van der Waals surface area contributed by atoms with Crippen molar-refractivity contribution in [3.8, 4) is 28.9 Å². The summed E-state index contributed by atoms with van der Waals surface area (Å²) in [5.74, 6) is 3.79. The third kappa shape index (κ3) is 7.09. The van der Waals surface area contributed by atoms with E-state index >= 15 is 0 Å². The monoisotopic (exact) mass is 598 g/mol. The van der Waals surface area contributed by atoms with Crippen LogP contribution in [0.3, 0.4) is 0 Å². The summed E-state index contributed by atoms with van der Waals surface area (Å²) >= 11 is 1.83. The Morgan fingerprint density at radius 2 is 1.74 bits per heavy atom. The summed E-state index contributed by atoms with van der Waals surface area (Å²) in [6, 6.07) is 24.1. The number of hydrogen-bond donors (Lipinski definition) is 0. The summed E-state index contributed by atoms with van der Waals surface area (Å²) in [7, 11) is 5.37. The number of rotatable bonds is 14. The van der Waals surface area contributed by atoms with Crippen molar-refractivity contribution in [3.63, 3.8) is 0 Å². The summed E-state index contributed by atoms with van der Waals surface area (Å²) in [4.78, 5) is 15.5. The number of hydrogen-bond acceptors (Lipinski definition) is 7. The summed E-state index contributed by atoms with van der Waals surface area (Å²) in [6.45, 7) is 7.87. The number of fused-ring (bicyclic) bond motifs is 1. The number of ether oxygens (including phenoxy) is 2. The van der Waals surface area contributed by atoms with Gasteiger partial charge in [0.05, 0.1) is 31.1 Å². The highest BCUT2D eigenvalue weighted by Gasteiger charge is 2.36. The minimum Gasteiger partial charge on any atom is -0.493 e. The van der Waals surface area contributed by atoms with Gasteiger partial charge in [-0.15, -0.1) is 0 Å². The van der Waals surface area contributed by atoms with Gasteiger partial charge in [0.15, 0.2) is 16.9 Å². The summed E-state index contributed by atoms with van der Waals surface area (Å²) in [6.07, 6.45) is 1.66. The lowest BCUT2D eigenvalue weighted by Crippen LogP contribution is -2.32. The second-order valence-electron chi connectivity index (χ2n) is 11.3. The van der Waals surface area contributed by atoms with Crippen molar-refractivity contribution in [2.24, 2.45) is 5.92 Å². The quantitative estimate of drug-likeness (QED) is 0.137. The van der Waals surface area contributed by atoms with Gasteiger partial charge in [0.2, 0.25) is 0 Å². The van der Waals surface area contributed by atoms with Gasteiger partial charge in [-0.25, -0.2) is 0 Å². The van der Waals surface area contributed by atoms with E-state index in [1.54, 1.807) is 14.2 Å². The standard InChI is InChI=1S/C36H42N2O4S/c1-25(2)36(24-37,29-16-17-31(40-5)32(22-29)41-6)18-11-19-38(4)20-21-43-23-28-14-10-15-30-33(39)26(3)34(42-35(28)30)27-12-8-7-9-13-27/h7-10,12-17,22,25H,11,18-21,23H2,1-6H3. The predicted molar refractivity (Wildman–Crippen MR) is 177 cm³/mol. The Bertz CT molecular complexity index is 1630. The zero-order valence-electron chi connectivity index (χ0n) is 26.1. The van der Waals surface area contributed by atoms with E-state index in [-0.39, 0.29) is 11.3 Å². The third-order valence-corrected chi connectivity index (χ3v) is 9.32. The molecule has 0 amide bonds. The maximum Gasteiger partial charge on any atom is 0.196 e. The topological polar surface area (TPSA) is 75.7 Å². The van der Waals surface area contributed by atoms with Crippen LogP contribution in [0.15, 0.2) is 75.9 Å². The van der Waals surface area contributed by atoms with E-state index < -0.39 is 5.41 Å². The molecule has 0 fully saturated rings. The number of para-hydroxylation sites is 1. The molecule has 0 spiro atoms. The summed E-state index contributed by atoms with van der Waals surface area (Å²) in [5, 5.41) is 11.0. The Balaban J connectivity index is 1.36. The van der Waals surface area contributed by atoms with Crippen molar-refractivity contribution in [1.82, 2.24) is 4.90 Å². The van der Waals surface area contributed by atoms with E-state index in [4.69, 9.17) is 13.9 Å². The van der Waals surface area contributed by atoms with Crippen LogP contribution >= 0.6 is 11.8 Å². The fraction of sp³-hybridized carbons (Fsp3) is 0.389. The SMILES string of the molecule is COc1ccc(C(C#N)(CCCN(C)CCSCc2cccc3c(=O)c(C)c(-c4ccccc4)oc23)C(C)C)cc1OC. The average molecular weight is 599 g/mol. The van der Waals surface area contributed by atoms with Crippen molar-refractivity contribution in [1.29, 1.82) is 5.26 Å². The molecule has 0 N–H and O–H groups in total. The number of nitriles is 1. The third-order valence-electron chi connectivity index (χ3n) is 8.33. The Morgan fingerprint density at radius 1 is 1.00 bits per heavy atom. The summed E-state index contributed by atoms with van der Waals surface area (Å²) < 4.78 is 17.3. The average Bonchev–Trinajstić information content (AvgIpc) is 3.03. The van der Waals surface area contributed by atoms with Crippen LogP contribution in [0.5, 0.6) is 11.5 Å². The zero-order chi connectivity index (χ0) is 31.0. The molecule has 0 aliphatic rings. The van der Waals surface area contributed by atoms with E-state index in [9.17, 15) is 10.1 Å². The fourth-order valence-electron chi connectivity index (χ4n) is 5.62. The molecule has 0 saturated carbocycles. The predicted octanol–water partition coefficient (Wildman–Crippen LogP) is 7.85. The number of thioether (sulfide) groups is 1. The molecule has 1 atom stereocenters. The van der Waals surface area contributed by atoms with Gasteiger partial charge in [0.1, 0.15) is 11.3 Å². The molecule has 0 saturated heterocycles. The van der Waals surface area contributed by atoms with Crippen LogP contribution < -0.4 is 14.9 Å². The first kappa shape index (κ1) is 32.2. The molecule has 0 aliphatic heterocycles. The molecule has 4 rings (SSSR count). The molecular weight excluding hydrogens is 556 g/mol. The van der Waals surface area contributed by atoms with Crippen LogP contribution in [0.2, 0.25) is 0 Å². The van der Waals surface area contributed by atoms with Gasteiger partial charge >= 0.3 is 0 Å². The molecule has 1 heterocycles. The van der Waals surface area contributed by atoms with E-state index in [1.807, 2.05) is 85.4 Å². The molecule has 7 heteroatoms. The normalized spacial score (nSPS) is 12.8. The zero-order valence-corrected chi connectivity index (χ0v) is 26.9. The van der Waals surface area contributed by atoms with E-state index in [0.29, 0.717) is 33.8 Å². The molecular formula is C36H42N2O4S. The van der Waals surface area contributed by atoms with Crippen LogP contribution in [-0.4, -0.2) is 45.0 Å². The van der Waals surface area contributed by atoms with E-state index in [1.165, 1.54) is 0 Å². The lowest BCUT2D eigenvalue weighted by atomic mass is 9.69. The molecule has 0 aliphatic carbocycles. The van der Waals surface area contributed by atoms with Crippen molar-refractivity contribution in [3.05, 3.63) is 93.6 Å². The van der Waals surface area contributed by atoms with Crippen LogP contribution in [0.4, 0.5) is 0 Å². The molecule has 43 heavy (non-hydrogen) atoms. The first-order valence-corrected chi connectivity index (χ1v) is 15.9. The Morgan fingerprint density at radius 3 is 2.42 bits per heavy atom. The second kappa shape index (κ2) is 14.6. The second-order valence-corrected chi connectivity index (χ2v) is 12.4. The lowest BCUT2D eigenvalue weighted by molar-refractivity contribution is 0.300. The van der Waals surface area contributed by atoms with Crippen molar-refractivity contribution in [2.45, 2.75) is 44.8 Å². The minimum absolute atomic E-state index is 0.0228. The van der Waals surface area contributed by atoms with Crippen LogP contribution in [0.25, 0.3) is 22.3 Å². The highest BCUT2D eigenvalue weighted by atomic mass is 32.2. The molecule has 0 bridgehead atoms. The minimum atomic E-state index is -0.607. The maximum atomic E-state index is 13.2. The highest BCUT2D eigenvalue weighted by molar-refractivity contribution is 7.98. The van der Waals surface area contributed by atoms with Crippen LogP contribution in [-0.2, 0) is 11.2 Å². The Labute approximate surface area is 259 Å². The Hall–Kier alpha value is -3.73. The van der Waals surface area contributed by atoms with E-state index in [2.05, 4.69) is 31.9 Å². The molecule has 1 unspecified atom stereocenters. The smallest absolute Gasteiger partial charge is 0.196 e. The maximum absolute atomic E-state index is 13.2. The molecule has 226 valence electrons. The van der Waals surface area contributed by atoms with Gasteiger partial charge in [-0.2, -0.15) is 17.0 Å². The van der Waals surface area contributed by atoms with Gasteiger partial charge in [-0.1, -0.05) is 62.4 Å². The van der Waals surface area contributed by atoms with Gasteiger partial charge < -0.3 is 18.8 Å². The summed E-state index contributed by atoms with van der Waals surface area (Å²) in [5.41, 5.74) is 3.63. The van der Waals surface area contributed by atoms with Crippen molar-refractivity contribution < 1.29 is 13.9 Å². The Kier molecular flexibility index (Phi) is 11.0. The van der Waals surface area contributed by atoms with Gasteiger partial charge in [0.25, 0.3) is 0 Å². The van der Waals surface area contributed by atoms with Gasteiger partial charge in [-0.05, 0) is 63.0 Å². The van der Waals surface area contributed by atoms with Crippen molar-refractivity contribution >= 4 is 22.7 Å². The molecule has 3 aromatic carbocycles. The fourth-order valence-corrected chi connectivity index (χ4v) is 6.65. The van der Waals surface area contributed by atoms with E-state index in [0.717, 1.165) is 54.1 Å². The number of methoxy groups -OCH3 is 2. The number of nitrogens with zero attached hydrogens (tertiary/aromatic N) is 2. The first-order chi connectivity index (χ1) is 20.7. The molecule has 4 aromatic rings. The lowest BCUT2D eigenvalue weighted by Gasteiger charge is -2.32. The highest BCUT2D eigenvalue weighted by Crippen LogP contribution is 2.40. The number of benzene rings is 3. The van der Waals surface area contributed by atoms with Crippen LogP contribution in [0, 0.1) is 24.2 Å². The van der Waals surface area contributed by atoms with Gasteiger partial charge in [-0.3, -0.25) is 4.79 Å². The molecule has 0 radical (unpaired) electrons. The molecule has 1 aromatic heterocycles. The van der Waals surface area contributed by atoms with Crippen LogP contribution in [0.1, 0.15) is 43.4 Å². The molecule has 6 nitrogen and oxygen atoms in total.